The van der Waals surface area contributed by atoms with E-state index >= 15 is 0 Å². The predicted octanol–water partition coefficient (Wildman–Crippen LogP) is 4.54. The highest BCUT2D eigenvalue weighted by molar-refractivity contribution is 5.25. The van der Waals surface area contributed by atoms with Gasteiger partial charge in [0.05, 0.1) is 6.10 Å². The highest BCUT2D eigenvalue weighted by atomic mass is 16.3. The summed E-state index contributed by atoms with van der Waals surface area (Å²) in [4.78, 5) is 0. The van der Waals surface area contributed by atoms with Gasteiger partial charge in [-0.1, -0.05) is 70.4 Å². The molecule has 1 aromatic carbocycles. The Hall–Kier alpha value is -0.820. The molecule has 0 radical (unpaired) electrons. The number of aliphatic hydroxyl groups excluding tert-OH is 1. The zero-order valence-electron chi connectivity index (χ0n) is 12.6. The van der Waals surface area contributed by atoms with Crippen molar-refractivity contribution in [2.45, 2.75) is 64.4 Å². The smallest absolute Gasteiger partial charge is 0.0659 e. The van der Waals surface area contributed by atoms with Gasteiger partial charge in [-0.3, -0.25) is 0 Å². The maximum absolute atomic E-state index is 10.9. The summed E-state index contributed by atoms with van der Waals surface area (Å²) in [6.45, 7) is 6.65. The van der Waals surface area contributed by atoms with Gasteiger partial charge in [0.25, 0.3) is 0 Å². The van der Waals surface area contributed by atoms with Gasteiger partial charge in [-0.25, -0.2) is 0 Å². The second-order valence-corrected chi connectivity index (χ2v) is 6.73. The minimum atomic E-state index is -0.232. The molecule has 0 aromatic heterocycles. The fourth-order valence-corrected chi connectivity index (χ4v) is 3.62. The Balaban J connectivity index is 2.11. The molecule has 1 fully saturated rings. The van der Waals surface area contributed by atoms with Gasteiger partial charge >= 0.3 is 0 Å². The van der Waals surface area contributed by atoms with E-state index in [9.17, 15) is 5.11 Å². The Kier molecular flexibility index (Phi) is 4.67. The number of hydrogen-bond acceptors (Lipinski definition) is 1. The lowest BCUT2D eigenvalue weighted by molar-refractivity contribution is 0.0159. The summed E-state index contributed by atoms with van der Waals surface area (Å²) >= 11 is 0. The van der Waals surface area contributed by atoms with Gasteiger partial charge < -0.3 is 5.11 Å². The molecule has 1 aliphatic carbocycles. The minimum absolute atomic E-state index is 0.151. The summed E-state index contributed by atoms with van der Waals surface area (Å²) in [5.74, 6) is 1.29. The van der Waals surface area contributed by atoms with Gasteiger partial charge in [-0.2, -0.15) is 0 Å². The first kappa shape index (κ1) is 14.6. The molecule has 1 heteroatoms. The minimum Gasteiger partial charge on any atom is -0.392 e. The lowest BCUT2D eigenvalue weighted by Crippen LogP contribution is -2.41. The van der Waals surface area contributed by atoms with E-state index < -0.39 is 0 Å². The van der Waals surface area contributed by atoms with E-state index in [0.29, 0.717) is 5.92 Å². The van der Waals surface area contributed by atoms with Gasteiger partial charge in [0.2, 0.25) is 0 Å². The molecule has 0 amide bonds. The van der Waals surface area contributed by atoms with Crippen molar-refractivity contribution in [1.29, 1.82) is 0 Å². The third kappa shape index (κ3) is 3.20. The topological polar surface area (TPSA) is 20.2 Å². The molecular weight excluding hydrogens is 232 g/mol. The van der Waals surface area contributed by atoms with Crippen molar-refractivity contribution in [2.24, 2.45) is 11.8 Å². The third-order valence-corrected chi connectivity index (χ3v) is 5.10. The van der Waals surface area contributed by atoms with Crippen molar-refractivity contribution in [3.05, 3.63) is 35.9 Å². The summed E-state index contributed by atoms with van der Waals surface area (Å²) in [6.07, 6.45) is 6.05. The third-order valence-electron chi connectivity index (χ3n) is 5.10. The van der Waals surface area contributed by atoms with E-state index in [1.54, 1.807) is 0 Å². The molecule has 3 atom stereocenters. The van der Waals surface area contributed by atoms with E-state index in [4.69, 9.17) is 0 Å². The van der Waals surface area contributed by atoms with Crippen molar-refractivity contribution in [3.63, 3.8) is 0 Å². The maximum atomic E-state index is 10.9. The van der Waals surface area contributed by atoms with Crippen LogP contribution in [0.4, 0.5) is 0 Å². The summed E-state index contributed by atoms with van der Waals surface area (Å²) in [5, 5.41) is 10.9. The summed E-state index contributed by atoms with van der Waals surface area (Å²) in [7, 11) is 0. The molecule has 1 aromatic rings. The molecule has 0 saturated heterocycles. The van der Waals surface area contributed by atoms with E-state index in [0.717, 1.165) is 5.92 Å². The summed E-state index contributed by atoms with van der Waals surface area (Å²) < 4.78 is 0. The first-order valence-electron chi connectivity index (χ1n) is 7.79. The van der Waals surface area contributed by atoms with E-state index in [1.807, 2.05) is 6.07 Å². The predicted molar refractivity (Wildman–Crippen MR) is 81.2 cm³/mol. The van der Waals surface area contributed by atoms with E-state index in [1.165, 1.54) is 37.7 Å². The Morgan fingerprint density at radius 1 is 1.21 bits per heavy atom. The van der Waals surface area contributed by atoms with Crippen LogP contribution < -0.4 is 0 Å². The second kappa shape index (κ2) is 6.09. The van der Waals surface area contributed by atoms with Crippen LogP contribution in [0.15, 0.2) is 30.3 Å². The maximum Gasteiger partial charge on any atom is 0.0659 e. The molecule has 0 aliphatic heterocycles. The molecule has 2 rings (SSSR count). The van der Waals surface area contributed by atoms with Crippen LogP contribution in [0, 0.1) is 11.8 Å². The van der Waals surface area contributed by atoms with Gasteiger partial charge in [0.15, 0.2) is 0 Å². The van der Waals surface area contributed by atoms with Crippen LogP contribution in [-0.2, 0) is 5.41 Å². The quantitative estimate of drug-likeness (QED) is 0.842. The lowest BCUT2D eigenvalue weighted by Gasteiger charge is -2.40. The van der Waals surface area contributed by atoms with Crippen molar-refractivity contribution >= 4 is 0 Å². The summed E-state index contributed by atoms with van der Waals surface area (Å²) in [6, 6.07) is 10.5. The molecule has 3 unspecified atom stereocenters. The van der Waals surface area contributed by atoms with Gasteiger partial charge in [0.1, 0.15) is 0 Å². The van der Waals surface area contributed by atoms with Crippen molar-refractivity contribution < 1.29 is 5.11 Å². The Labute approximate surface area is 118 Å². The summed E-state index contributed by atoms with van der Waals surface area (Å²) in [5.41, 5.74) is 1.10. The molecule has 0 heterocycles. The zero-order chi connectivity index (χ0) is 13.9. The molecule has 1 N–H and O–H groups in total. The molecule has 1 nitrogen and oxygen atoms in total. The molecule has 0 spiro atoms. The molecule has 19 heavy (non-hydrogen) atoms. The average Bonchev–Trinajstić information content (AvgIpc) is 2.47. The highest BCUT2D eigenvalue weighted by Crippen LogP contribution is 2.39. The van der Waals surface area contributed by atoms with Gasteiger partial charge in [-0.05, 0) is 30.2 Å². The molecule has 1 saturated carbocycles. The van der Waals surface area contributed by atoms with E-state index in [2.05, 4.69) is 45.0 Å². The molecule has 1 aliphatic rings. The first-order chi connectivity index (χ1) is 9.05. The molecule has 106 valence electrons. The lowest BCUT2D eigenvalue weighted by atomic mass is 9.68. The Morgan fingerprint density at radius 2 is 1.89 bits per heavy atom. The fourth-order valence-electron chi connectivity index (χ4n) is 3.62. The molecule has 0 bridgehead atoms. The van der Waals surface area contributed by atoms with Gasteiger partial charge in [-0.15, -0.1) is 0 Å². The number of hydrogen-bond donors (Lipinski definition) is 1. The van der Waals surface area contributed by atoms with Crippen molar-refractivity contribution in [2.75, 3.05) is 0 Å². The SMILES string of the molecule is CCC1CCCC(C(O)C(C)(C)c2ccccc2)C1. The van der Waals surface area contributed by atoms with Crippen LogP contribution in [0.1, 0.15) is 58.4 Å². The van der Waals surface area contributed by atoms with Crippen LogP contribution in [0.2, 0.25) is 0 Å². The number of rotatable bonds is 4. The van der Waals surface area contributed by atoms with E-state index in [-0.39, 0.29) is 11.5 Å². The molecular formula is C18H28O. The number of aliphatic hydroxyl groups is 1. The largest absolute Gasteiger partial charge is 0.392 e. The van der Waals surface area contributed by atoms with Crippen LogP contribution >= 0.6 is 0 Å². The average molecular weight is 260 g/mol. The number of benzene rings is 1. The van der Waals surface area contributed by atoms with Crippen LogP contribution in [0.5, 0.6) is 0 Å². The Morgan fingerprint density at radius 3 is 2.53 bits per heavy atom. The van der Waals surface area contributed by atoms with Crippen LogP contribution in [0.25, 0.3) is 0 Å². The first-order valence-corrected chi connectivity index (χ1v) is 7.79. The van der Waals surface area contributed by atoms with Gasteiger partial charge in [0, 0.05) is 5.41 Å². The van der Waals surface area contributed by atoms with Crippen LogP contribution in [0.3, 0.4) is 0 Å². The zero-order valence-corrected chi connectivity index (χ0v) is 12.6. The second-order valence-electron chi connectivity index (χ2n) is 6.73. The standard InChI is InChI=1S/C18H28O/c1-4-14-9-8-10-15(13-14)17(19)18(2,3)16-11-6-5-7-12-16/h5-7,11-12,14-15,17,19H,4,8-10,13H2,1-3H3. The normalized spacial score (nSPS) is 26.1. The highest BCUT2D eigenvalue weighted by Gasteiger charge is 2.37. The van der Waals surface area contributed by atoms with Crippen molar-refractivity contribution in [1.82, 2.24) is 0 Å². The Bertz CT molecular complexity index is 382. The fraction of sp³-hybridized carbons (Fsp3) is 0.667. The van der Waals surface area contributed by atoms with Crippen LogP contribution in [-0.4, -0.2) is 11.2 Å². The van der Waals surface area contributed by atoms with Crippen molar-refractivity contribution in [3.8, 4) is 0 Å². The monoisotopic (exact) mass is 260 g/mol.